The predicted octanol–water partition coefficient (Wildman–Crippen LogP) is 4.85. The lowest BCUT2D eigenvalue weighted by Crippen LogP contribution is -2.21. The summed E-state index contributed by atoms with van der Waals surface area (Å²) in [5.74, 6) is -3.74. The molecule has 0 fully saturated rings. The topological polar surface area (TPSA) is 59.8 Å². The van der Waals surface area contributed by atoms with E-state index in [-0.39, 0.29) is 16.4 Å². The van der Waals surface area contributed by atoms with Gasteiger partial charge >= 0.3 is 6.18 Å². The van der Waals surface area contributed by atoms with Crippen molar-refractivity contribution >= 4 is 23.4 Å². The van der Waals surface area contributed by atoms with Gasteiger partial charge in [-0.15, -0.1) is 0 Å². The SMILES string of the molecule is O=C(Nc1ccc(SC(F)F)cc1)c1cnn(-c2ccccn2)c1C(F)(F)F. The Kier molecular flexibility index (Phi) is 5.63. The molecule has 11 heteroatoms. The molecule has 1 N–H and O–H groups in total. The fourth-order valence-corrected chi connectivity index (χ4v) is 2.86. The first-order chi connectivity index (χ1) is 13.3. The van der Waals surface area contributed by atoms with E-state index in [1.807, 2.05) is 0 Å². The highest BCUT2D eigenvalue weighted by Gasteiger charge is 2.40. The first-order valence-electron chi connectivity index (χ1n) is 7.68. The highest BCUT2D eigenvalue weighted by molar-refractivity contribution is 7.99. The van der Waals surface area contributed by atoms with Crippen molar-refractivity contribution in [3.8, 4) is 5.82 Å². The largest absolute Gasteiger partial charge is 0.434 e. The minimum Gasteiger partial charge on any atom is -0.322 e. The Bertz CT molecular complexity index is 958. The van der Waals surface area contributed by atoms with Crippen LogP contribution in [0, 0.1) is 0 Å². The maximum absolute atomic E-state index is 13.6. The van der Waals surface area contributed by atoms with E-state index in [2.05, 4.69) is 15.4 Å². The number of rotatable bonds is 5. The van der Waals surface area contributed by atoms with Crippen molar-refractivity contribution in [1.29, 1.82) is 0 Å². The average Bonchev–Trinajstić information content (AvgIpc) is 3.09. The fraction of sp³-hybridized carbons (Fsp3) is 0.118. The Morgan fingerprint density at radius 1 is 1.11 bits per heavy atom. The third kappa shape index (κ3) is 4.47. The minimum absolute atomic E-state index is 0.0951. The van der Waals surface area contributed by atoms with Crippen molar-refractivity contribution in [2.45, 2.75) is 16.8 Å². The molecular weight excluding hydrogens is 403 g/mol. The van der Waals surface area contributed by atoms with Gasteiger partial charge in [-0.25, -0.2) is 9.67 Å². The average molecular weight is 414 g/mol. The van der Waals surface area contributed by atoms with Crippen LogP contribution in [-0.2, 0) is 6.18 Å². The van der Waals surface area contributed by atoms with Gasteiger partial charge in [-0.05, 0) is 36.4 Å². The number of hydrogen-bond donors (Lipinski definition) is 1. The molecule has 1 aromatic carbocycles. The fourth-order valence-electron chi connectivity index (χ4n) is 2.36. The Morgan fingerprint density at radius 2 is 1.82 bits per heavy atom. The lowest BCUT2D eigenvalue weighted by atomic mass is 10.2. The monoisotopic (exact) mass is 414 g/mol. The zero-order valence-electron chi connectivity index (χ0n) is 13.8. The quantitative estimate of drug-likeness (QED) is 0.479. The van der Waals surface area contributed by atoms with Crippen LogP contribution in [0.3, 0.4) is 0 Å². The molecule has 2 aromatic heterocycles. The molecular formula is C17H11F5N4OS. The second-order valence-corrected chi connectivity index (χ2v) is 6.42. The zero-order valence-corrected chi connectivity index (χ0v) is 14.6. The maximum Gasteiger partial charge on any atom is 0.434 e. The molecule has 0 aliphatic carbocycles. The van der Waals surface area contributed by atoms with Gasteiger partial charge < -0.3 is 5.32 Å². The number of carbonyl (C=O) groups excluding carboxylic acids is 1. The summed E-state index contributed by atoms with van der Waals surface area (Å²) >= 11 is 0.314. The van der Waals surface area contributed by atoms with Crippen LogP contribution in [0.4, 0.5) is 27.6 Å². The predicted molar refractivity (Wildman–Crippen MR) is 92.6 cm³/mol. The lowest BCUT2D eigenvalue weighted by Gasteiger charge is -2.12. The molecule has 0 bridgehead atoms. The number of pyridine rings is 1. The Labute approximate surface area is 159 Å². The van der Waals surface area contributed by atoms with Crippen molar-refractivity contribution in [3.05, 3.63) is 66.1 Å². The van der Waals surface area contributed by atoms with Crippen LogP contribution < -0.4 is 5.32 Å². The number of nitrogens with one attached hydrogen (secondary N) is 1. The highest BCUT2D eigenvalue weighted by Crippen LogP contribution is 2.34. The molecule has 5 nitrogen and oxygen atoms in total. The van der Waals surface area contributed by atoms with Crippen LogP contribution in [0.5, 0.6) is 0 Å². The summed E-state index contributed by atoms with van der Waals surface area (Å²) in [6.07, 6.45) is -2.76. The molecule has 0 radical (unpaired) electrons. The summed E-state index contributed by atoms with van der Waals surface area (Å²) in [4.78, 5) is 16.5. The van der Waals surface area contributed by atoms with Gasteiger partial charge in [-0.3, -0.25) is 4.79 Å². The highest BCUT2D eigenvalue weighted by atomic mass is 32.2. The smallest absolute Gasteiger partial charge is 0.322 e. The van der Waals surface area contributed by atoms with E-state index in [4.69, 9.17) is 0 Å². The molecule has 0 aliphatic heterocycles. The van der Waals surface area contributed by atoms with Gasteiger partial charge in [0.25, 0.3) is 11.7 Å². The molecule has 0 saturated carbocycles. The number of anilines is 1. The van der Waals surface area contributed by atoms with E-state index < -0.39 is 29.1 Å². The molecule has 0 spiro atoms. The molecule has 3 aromatic rings. The summed E-state index contributed by atoms with van der Waals surface area (Å²) in [7, 11) is 0. The molecule has 0 saturated heterocycles. The number of alkyl halides is 5. The van der Waals surface area contributed by atoms with E-state index in [1.54, 1.807) is 0 Å². The van der Waals surface area contributed by atoms with Crippen molar-refractivity contribution in [1.82, 2.24) is 14.8 Å². The molecule has 3 rings (SSSR count). The van der Waals surface area contributed by atoms with E-state index in [0.29, 0.717) is 16.4 Å². The second kappa shape index (κ2) is 7.97. The summed E-state index contributed by atoms with van der Waals surface area (Å²) in [5.41, 5.74) is -1.81. The lowest BCUT2D eigenvalue weighted by molar-refractivity contribution is -0.143. The van der Waals surface area contributed by atoms with Crippen LogP contribution in [0.15, 0.2) is 59.8 Å². The van der Waals surface area contributed by atoms with Gasteiger partial charge in [0, 0.05) is 16.8 Å². The summed E-state index contributed by atoms with van der Waals surface area (Å²) in [6.45, 7) is 0. The van der Waals surface area contributed by atoms with Crippen molar-refractivity contribution in [2.24, 2.45) is 0 Å². The number of amides is 1. The van der Waals surface area contributed by atoms with Crippen LogP contribution in [0.1, 0.15) is 16.1 Å². The third-order valence-corrected chi connectivity index (χ3v) is 4.21. The van der Waals surface area contributed by atoms with E-state index in [0.717, 1.165) is 6.20 Å². The number of nitrogens with zero attached hydrogens (tertiary/aromatic N) is 3. The molecule has 146 valence electrons. The maximum atomic E-state index is 13.6. The Balaban J connectivity index is 1.89. The summed E-state index contributed by atoms with van der Waals surface area (Å²) in [6, 6.07) is 9.64. The summed E-state index contributed by atoms with van der Waals surface area (Å²) < 4.78 is 65.9. The number of carbonyl (C=O) groups is 1. The normalized spacial score (nSPS) is 11.6. The zero-order chi connectivity index (χ0) is 20.3. The van der Waals surface area contributed by atoms with E-state index in [1.165, 1.54) is 48.7 Å². The van der Waals surface area contributed by atoms with Crippen molar-refractivity contribution in [2.75, 3.05) is 5.32 Å². The van der Waals surface area contributed by atoms with Gasteiger partial charge in [0.15, 0.2) is 11.5 Å². The van der Waals surface area contributed by atoms with Crippen LogP contribution in [-0.4, -0.2) is 26.4 Å². The first-order valence-corrected chi connectivity index (χ1v) is 8.56. The molecule has 0 unspecified atom stereocenters. The van der Waals surface area contributed by atoms with E-state index in [9.17, 15) is 26.7 Å². The first kappa shape index (κ1) is 19.8. The number of hydrogen-bond acceptors (Lipinski definition) is 4. The third-order valence-electron chi connectivity index (χ3n) is 3.49. The Hall–Kier alpha value is -2.95. The van der Waals surface area contributed by atoms with Gasteiger partial charge in [-0.2, -0.15) is 27.1 Å². The van der Waals surface area contributed by atoms with Crippen molar-refractivity contribution in [3.63, 3.8) is 0 Å². The van der Waals surface area contributed by atoms with Gasteiger partial charge in [0.1, 0.15) is 0 Å². The molecule has 0 aliphatic rings. The number of benzene rings is 1. The number of aromatic nitrogens is 3. The van der Waals surface area contributed by atoms with Crippen LogP contribution in [0.25, 0.3) is 5.82 Å². The second-order valence-electron chi connectivity index (χ2n) is 5.36. The Morgan fingerprint density at radius 3 is 2.39 bits per heavy atom. The standard InChI is InChI=1S/C17H11F5N4OS/c18-16(19)28-11-6-4-10(5-7-11)25-15(27)12-9-24-26(14(12)17(20,21)22)13-3-1-2-8-23-13/h1-9,16H,(H,25,27). The summed E-state index contributed by atoms with van der Waals surface area (Å²) in [5, 5.41) is 5.96. The number of thioether (sulfide) groups is 1. The molecule has 1 amide bonds. The van der Waals surface area contributed by atoms with Crippen LogP contribution in [0.2, 0.25) is 0 Å². The molecule has 2 heterocycles. The molecule has 0 atom stereocenters. The van der Waals surface area contributed by atoms with Crippen molar-refractivity contribution < 1.29 is 26.7 Å². The molecule has 28 heavy (non-hydrogen) atoms. The van der Waals surface area contributed by atoms with Gasteiger partial charge in [0.05, 0.1) is 11.8 Å². The number of halogens is 5. The van der Waals surface area contributed by atoms with Gasteiger partial charge in [-0.1, -0.05) is 17.8 Å². The van der Waals surface area contributed by atoms with Crippen LogP contribution >= 0.6 is 11.8 Å². The van der Waals surface area contributed by atoms with E-state index >= 15 is 0 Å². The van der Waals surface area contributed by atoms with Gasteiger partial charge in [0.2, 0.25) is 0 Å². The minimum atomic E-state index is -4.86.